The minimum atomic E-state index is 0.327. The zero-order chi connectivity index (χ0) is 12.3. The van der Waals surface area contributed by atoms with Crippen LogP contribution in [-0.4, -0.2) is 6.54 Å². The van der Waals surface area contributed by atoms with E-state index in [2.05, 4.69) is 50.0 Å². The van der Waals surface area contributed by atoms with E-state index in [0.29, 0.717) is 11.5 Å². The Kier molecular flexibility index (Phi) is 3.68. The molecule has 0 radical (unpaired) electrons. The van der Waals surface area contributed by atoms with Gasteiger partial charge in [-0.25, -0.2) is 0 Å². The molecule has 0 amide bonds. The summed E-state index contributed by atoms with van der Waals surface area (Å²) in [4.78, 5) is 0. The van der Waals surface area contributed by atoms with Crippen LogP contribution in [0, 0.1) is 0 Å². The van der Waals surface area contributed by atoms with Crippen LogP contribution in [0.15, 0.2) is 36.9 Å². The van der Waals surface area contributed by atoms with Crippen LogP contribution in [0.1, 0.15) is 50.3 Å². The zero-order valence-electron chi connectivity index (χ0n) is 11.0. The number of fused-ring (bicyclic) bond motifs is 1. The van der Waals surface area contributed by atoms with Crippen LogP contribution in [0.5, 0.6) is 0 Å². The molecule has 1 aliphatic rings. The molecule has 1 atom stereocenters. The third-order valence-corrected chi connectivity index (χ3v) is 3.86. The molecule has 0 saturated carbocycles. The lowest BCUT2D eigenvalue weighted by Crippen LogP contribution is -2.32. The van der Waals surface area contributed by atoms with Gasteiger partial charge in [-0.05, 0) is 42.3 Å². The quantitative estimate of drug-likeness (QED) is 0.608. The topological polar surface area (TPSA) is 12.0 Å². The van der Waals surface area contributed by atoms with Crippen molar-refractivity contribution in [3.63, 3.8) is 0 Å². The predicted octanol–water partition coefficient (Wildman–Crippen LogP) is 3.96. The highest BCUT2D eigenvalue weighted by atomic mass is 14.9. The second-order valence-corrected chi connectivity index (χ2v) is 5.59. The molecule has 1 heteroatoms. The van der Waals surface area contributed by atoms with Crippen LogP contribution in [0.2, 0.25) is 0 Å². The van der Waals surface area contributed by atoms with E-state index in [1.54, 1.807) is 0 Å². The Morgan fingerprint density at radius 2 is 2.18 bits per heavy atom. The van der Waals surface area contributed by atoms with Crippen molar-refractivity contribution < 1.29 is 0 Å². The van der Waals surface area contributed by atoms with E-state index in [-0.39, 0.29) is 0 Å². The highest BCUT2D eigenvalue weighted by Crippen LogP contribution is 2.41. The van der Waals surface area contributed by atoms with Crippen molar-refractivity contribution in [1.29, 1.82) is 0 Å². The van der Waals surface area contributed by atoms with Crippen molar-refractivity contribution in [3.05, 3.63) is 48.0 Å². The lowest BCUT2D eigenvalue weighted by Gasteiger charge is -2.37. The van der Waals surface area contributed by atoms with Crippen molar-refractivity contribution in [2.24, 2.45) is 0 Å². The van der Waals surface area contributed by atoms with E-state index in [1.807, 2.05) is 6.08 Å². The van der Waals surface area contributed by atoms with Gasteiger partial charge in [0.2, 0.25) is 0 Å². The fourth-order valence-corrected chi connectivity index (χ4v) is 2.78. The monoisotopic (exact) mass is 229 g/mol. The highest BCUT2D eigenvalue weighted by molar-refractivity contribution is 5.38. The van der Waals surface area contributed by atoms with Crippen molar-refractivity contribution in [1.82, 2.24) is 5.32 Å². The summed E-state index contributed by atoms with van der Waals surface area (Å²) in [6, 6.07) is 9.41. The Balaban J connectivity index is 2.19. The molecule has 1 N–H and O–H groups in total. The molecule has 0 aliphatic heterocycles. The van der Waals surface area contributed by atoms with E-state index in [0.717, 1.165) is 13.0 Å². The molecule has 1 aromatic carbocycles. The molecule has 17 heavy (non-hydrogen) atoms. The average Bonchev–Trinajstić information content (AvgIpc) is 2.33. The van der Waals surface area contributed by atoms with Gasteiger partial charge in [0.25, 0.3) is 0 Å². The van der Waals surface area contributed by atoms with Crippen LogP contribution < -0.4 is 5.32 Å². The third kappa shape index (κ3) is 2.61. The molecular weight excluding hydrogens is 206 g/mol. The van der Waals surface area contributed by atoms with Gasteiger partial charge in [-0.2, -0.15) is 0 Å². The van der Waals surface area contributed by atoms with Gasteiger partial charge in [-0.15, -0.1) is 6.58 Å². The Morgan fingerprint density at radius 1 is 1.41 bits per heavy atom. The van der Waals surface area contributed by atoms with Gasteiger partial charge in [0.05, 0.1) is 0 Å². The van der Waals surface area contributed by atoms with Crippen molar-refractivity contribution in [3.8, 4) is 0 Å². The van der Waals surface area contributed by atoms with E-state index >= 15 is 0 Å². The van der Waals surface area contributed by atoms with Gasteiger partial charge < -0.3 is 5.32 Å². The summed E-state index contributed by atoms with van der Waals surface area (Å²) in [6.07, 6.45) is 5.52. The minimum absolute atomic E-state index is 0.327. The van der Waals surface area contributed by atoms with Gasteiger partial charge in [0, 0.05) is 6.04 Å². The Hall–Kier alpha value is -1.08. The molecule has 2 rings (SSSR count). The second-order valence-electron chi connectivity index (χ2n) is 5.59. The van der Waals surface area contributed by atoms with E-state index in [1.165, 1.54) is 24.0 Å². The first-order valence-electron chi connectivity index (χ1n) is 6.59. The van der Waals surface area contributed by atoms with Crippen LogP contribution >= 0.6 is 0 Å². The molecular formula is C16H23N. The number of benzene rings is 1. The molecule has 0 saturated heterocycles. The lowest BCUT2D eigenvalue weighted by molar-refractivity contribution is 0.360. The van der Waals surface area contributed by atoms with Crippen molar-refractivity contribution in [2.45, 2.75) is 44.6 Å². The Morgan fingerprint density at radius 3 is 2.94 bits per heavy atom. The number of hydrogen-bond donors (Lipinski definition) is 1. The van der Waals surface area contributed by atoms with Crippen LogP contribution in [0.25, 0.3) is 0 Å². The first kappa shape index (κ1) is 12.4. The largest absolute Gasteiger partial charge is 0.310 e. The van der Waals surface area contributed by atoms with Crippen LogP contribution in [-0.2, 0) is 5.41 Å². The summed E-state index contributed by atoms with van der Waals surface area (Å²) in [5.74, 6) is 0. The van der Waals surface area contributed by atoms with Gasteiger partial charge >= 0.3 is 0 Å². The van der Waals surface area contributed by atoms with Crippen LogP contribution in [0.3, 0.4) is 0 Å². The smallest absolute Gasteiger partial charge is 0.0323 e. The van der Waals surface area contributed by atoms with Crippen molar-refractivity contribution >= 4 is 0 Å². The van der Waals surface area contributed by atoms with Gasteiger partial charge in [0.15, 0.2) is 0 Å². The zero-order valence-corrected chi connectivity index (χ0v) is 11.0. The molecule has 1 aromatic rings. The fraction of sp³-hybridized carbons (Fsp3) is 0.500. The molecule has 0 fully saturated rings. The maximum Gasteiger partial charge on any atom is 0.0323 e. The predicted molar refractivity (Wildman–Crippen MR) is 74.3 cm³/mol. The first-order chi connectivity index (χ1) is 8.15. The highest BCUT2D eigenvalue weighted by Gasteiger charge is 2.31. The molecule has 1 unspecified atom stereocenters. The first-order valence-corrected chi connectivity index (χ1v) is 6.59. The summed E-state index contributed by atoms with van der Waals surface area (Å²) in [6.45, 7) is 9.51. The summed E-state index contributed by atoms with van der Waals surface area (Å²) >= 11 is 0. The maximum absolute atomic E-state index is 3.77. The van der Waals surface area contributed by atoms with E-state index in [9.17, 15) is 0 Å². The van der Waals surface area contributed by atoms with Gasteiger partial charge in [0.1, 0.15) is 0 Å². The normalized spacial score (nSPS) is 21.9. The summed E-state index contributed by atoms with van der Waals surface area (Å²) < 4.78 is 0. The lowest BCUT2D eigenvalue weighted by atomic mass is 9.71. The third-order valence-electron chi connectivity index (χ3n) is 3.86. The minimum Gasteiger partial charge on any atom is -0.310 e. The van der Waals surface area contributed by atoms with Crippen LogP contribution in [0.4, 0.5) is 0 Å². The van der Waals surface area contributed by atoms with E-state index < -0.39 is 0 Å². The fourth-order valence-electron chi connectivity index (χ4n) is 2.78. The van der Waals surface area contributed by atoms with E-state index in [4.69, 9.17) is 0 Å². The molecule has 0 bridgehead atoms. The summed E-state index contributed by atoms with van der Waals surface area (Å²) in [5.41, 5.74) is 3.34. The molecule has 92 valence electrons. The number of hydrogen-bond acceptors (Lipinski definition) is 1. The van der Waals surface area contributed by atoms with Crippen molar-refractivity contribution in [2.75, 3.05) is 6.54 Å². The second kappa shape index (κ2) is 5.05. The molecule has 0 heterocycles. The molecule has 1 nitrogen and oxygen atoms in total. The standard InChI is InChI=1S/C16H23N/c1-4-5-12-17-15-10-11-16(2,3)14-9-7-6-8-13(14)15/h4,6-9,15,17H,1,5,10-12H2,2-3H3. The summed E-state index contributed by atoms with van der Waals surface area (Å²) in [5, 5.41) is 3.65. The maximum atomic E-state index is 3.77. The molecule has 0 spiro atoms. The van der Waals surface area contributed by atoms with Gasteiger partial charge in [-0.1, -0.05) is 44.2 Å². The number of rotatable bonds is 4. The SMILES string of the molecule is C=CCCNC1CCC(C)(C)c2ccccc21. The molecule has 0 aromatic heterocycles. The Labute approximate surface area is 105 Å². The average molecular weight is 229 g/mol. The Bertz CT molecular complexity index is 392. The summed E-state index contributed by atoms with van der Waals surface area (Å²) in [7, 11) is 0. The van der Waals surface area contributed by atoms with Gasteiger partial charge in [-0.3, -0.25) is 0 Å². The molecule has 1 aliphatic carbocycles. The number of nitrogens with one attached hydrogen (secondary N) is 1.